The van der Waals surface area contributed by atoms with Crippen LogP contribution in [0.15, 0.2) is 58.8 Å². The van der Waals surface area contributed by atoms with E-state index in [0.29, 0.717) is 11.6 Å². The fourth-order valence-electron chi connectivity index (χ4n) is 3.53. The number of piperazine rings is 1. The number of aromatic nitrogens is 2. The Labute approximate surface area is 178 Å². The summed E-state index contributed by atoms with van der Waals surface area (Å²) < 4.78 is 1.61. The monoisotopic (exact) mass is 406 g/mol. The summed E-state index contributed by atoms with van der Waals surface area (Å²) in [5, 5.41) is 3.58. The van der Waals surface area contributed by atoms with Crippen molar-refractivity contribution in [1.29, 1.82) is 0 Å². The van der Waals surface area contributed by atoms with Gasteiger partial charge in [0.15, 0.2) is 0 Å². The van der Waals surface area contributed by atoms with E-state index < -0.39 is 0 Å². The number of benzene rings is 1. The average molecular weight is 407 g/mol. The van der Waals surface area contributed by atoms with Gasteiger partial charge in [-0.1, -0.05) is 24.8 Å². The van der Waals surface area contributed by atoms with E-state index in [1.165, 1.54) is 11.3 Å². The predicted molar refractivity (Wildman–Crippen MR) is 126 cm³/mol. The van der Waals surface area contributed by atoms with Crippen LogP contribution in [0.4, 0.5) is 11.6 Å². The summed E-state index contributed by atoms with van der Waals surface area (Å²) in [5.41, 5.74) is 3.67. The largest absolute Gasteiger partial charge is 0.378 e. The fraction of sp³-hybridized carbons (Fsp3) is 0.348. The van der Waals surface area contributed by atoms with Gasteiger partial charge < -0.3 is 15.1 Å². The lowest BCUT2D eigenvalue weighted by atomic mass is 10.0. The number of aliphatic imine (C=N–C) groups is 1. The van der Waals surface area contributed by atoms with Gasteiger partial charge in [-0.05, 0) is 23.8 Å². The van der Waals surface area contributed by atoms with Crippen molar-refractivity contribution in [2.24, 2.45) is 12.0 Å². The van der Waals surface area contributed by atoms with Crippen molar-refractivity contribution in [2.45, 2.75) is 6.04 Å². The highest BCUT2D eigenvalue weighted by molar-refractivity contribution is 5.87. The quantitative estimate of drug-likeness (QED) is 0.589. The smallest absolute Gasteiger partial charge is 0.255 e. The van der Waals surface area contributed by atoms with E-state index in [1.54, 1.807) is 37.0 Å². The summed E-state index contributed by atoms with van der Waals surface area (Å²) in [6.45, 7) is 6.17. The molecule has 7 heteroatoms. The number of nitrogens with zero attached hydrogens (tertiary/aromatic N) is 5. The summed E-state index contributed by atoms with van der Waals surface area (Å²) in [5.74, 6) is 0.662. The lowest BCUT2D eigenvalue weighted by Crippen LogP contribution is -2.47. The van der Waals surface area contributed by atoms with Gasteiger partial charge >= 0.3 is 0 Å². The Morgan fingerprint density at radius 1 is 1.33 bits per heavy atom. The molecule has 0 amide bonds. The lowest BCUT2D eigenvalue weighted by Gasteiger charge is -2.35. The molecule has 0 spiro atoms. The molecule has 1 unspecified atom stereocenters. The third kappa shape index (κ3) is 4.68. The zero-order valence-electron chi connectivity index (χ0n) is 18.2. The second kappa shape index (κ2) is 9.54. The van der Waals surface area contributed by atoms with E-state index in [4.69, 9.17) is 4.98 Å². The number of rotatable bonds is 6. The molecule has 1 saturated heterocycles. The van der Waals surface area contributed by atoms with Crippen molar-refractivity contribution in [1.82, 2.24) is 14.9 Å². The molecule has 0 radical (unpaired) electrons. The van der Waals surface area contributed by atoms with Gasteiger partial charge in [0.05, 0.1) is 5.69 Å². The van der Waals surface area contributed by atoms with Crippen LogP contribution < -0.4 is 20.7 Å². The Morgan fingerprint density at radius 2 is 2.07 bits per heavy atom. The first-order valence-corrected chi connectivity index (χ1v) is 10.0. The molecular formula is C23H30N6O. The van der Waals surface area contributed by atoms with Gasteiger partial charge in [0, 0.05) is 77.4 Å². The van der Waals surface area contributed by atoms with E-state index in [2.05, 4.69) is 51.0 Å². The predicted octanol–water partition coefficient (Wildman–Crippen LogP) is 2.27. The van der Waals surface area contributed by atoms with E-state index in [0.717, 1.165) is 25.2 Å². The van der Waals surface area contributed by atoms with Gasteiger partial charge in [0.25, 0.3) is 5.56 Å². The topological polar surface area (TPSA) is 65.8 Å². The zero-order valence-corrected chi connectivity index (χ0v) is 18.2. The van der Waals surface area contributed by atoms with Crippen LogP contribution in [0.2, 0.25) is 0 Å². The zero-order chi connectivity index (χ0) is 21.7. The summed E-state index contributed by atoms with van der Waals surface area (Å²) in [6, 6.07) is 10.3. The molecule has 0 bridgehead atoms. The molecule has 30 heavy (non-hydrogen) atoms. The molecule has 158 valence electrons. The third-order valence-electron chi connectivity index (χ3n) is 5.30. The highest BCUT2D eigenvalue weighted by Crippen LogP contribution is 2.23. The van der Waals surface area contributed by atoms with Crippen LogP contribution >= 0.6 is 0 Å². The van der Waals surface area contributed by atoms with Gasteiger partial charge in [-0.2, -0.15) is 0 Å². The highest BCUT2D eigenvalue weighted by Gasteiger charge is 2.24. The highest BCUT2D eigenvalue weighted by atomic mass is 16.1. The number of hydrogen-bond donors (Lipinski definition) is 1. The molecule has 1 aliphatic rings. The Balaban J connectivity index is 1.91. The molecular weight excluding hydrogens is 376 g/mol. The van der Waals surface area contributed by atoms with E-state index in [9.17, 15) is 4.79 Å². The third-order valence-corrected chi connectivity index (χ3v) is 5.30. The minimum absolute atomic E-state index is 0.0957. The molecule has 1 aromatic carbocycles. The Morgan fingerprint density at radius 3 is 2.70 bits per heavy atom. The minimum atomic E-state index is -0.0957. The standard InChI is InChI=1S/C23H30N6O/c1-6-17(11-12-24-2)20-15-22(30)28(5)23(26-20)29-14-13-25-21(16-29)18-7-9-19(10-8-18)27(3)4/h6-12,15,21,25H,1,13-14,16H2,2-5H3/b17-11+,24-12?. The molecule has 0 saturated carbocycles. The van der Waals surface area contributed by atoms with E-state index in [1.807, 2.05) is 20.2 Å². The SMILES string of the molecule is C=C/C(=C\C=NC)c1cc(=O)n(C)c(N2CCNC(c3ccc(N(C)C)cc3)C2)n1. The lowest BCUT2D eigenvalue weighted by molar-refractivity contribution is 0.462. The Kier molecular flexibility index (Phi) is 6.84. The number of allylic oxidation sites excluding steroid dienone is 3. The summed E-state index contributed by atoms with van der Waals surface area (Å²) in [7, 11) is 7.54. The summed E-state index contributed by atoms with van der Waals surface area (Å²) in [4.78, 5) is 25.7. The number of anilines is 2. The molecule has 0 aliphatic carbocycles. The Bertz CT molecular complexity index is 1000. The molecule has 1 aromatic heterocycles. The Hall–Kier alpha value is -3.19. The molecule has 1 atom stereocenters. The summed E-state index contributed by atoms with van der Waals surface area (Å²) in [6.07, 6.45) is 5.18. The maximum atomic E-state index is 12.6. The van der Waals surface area contributed by atoms with Gasteiger partial charge in [-0.15, -0.1) is 0 Å². The second-order valence-corrected chi connectivity index (χ2v) is 7.51. The van der Waals surface area contributed by atoms with Gasteiger partial charge in [-0.3, -0.25) is 14.4 Å². The molecule has 3 rings (SSSR count). The van der Waals surface area contributed by atoms with Crippen LogP contribution in [-0.4, -0.2) is 56.5 Å². The van der Waals surface area contributed by atoms with Crippen LogP contribution in [0.3, 0.4) is 0 Å². The van der Waals surface area contributed by atoms with Crippen molar-refractivity contribution in [3.8, 4) is 0 Å². The molecule has 1 N–H and O–H groups in total. The molecule has 2 aromatic rings. The van der Waals surface area contributed by atoms with Crippen molar-refractivity contribution >= 4 is 23.4 Å². The normalized spacial score (nSPS) is 17.4. The van der Waals surface area contributed by atoms with Crippen molar-refractivity contribution in [3.63, 3.8) is 0 Å². The van der Waals surface area contributed by atoms with Crippen molar-refractivity contribution < 1.29 is 0 Å². The van der Waals surface area contributed by atoms with E-state index in [-0.39, 0.29) is 11.6 Å². The van der Waals surface area contributed by atoms with Gasteiger partial charge in [-0.25, -0.2) is 4.98 Å². The van der Waals surface area contributed by atoms with Gasteiger partial charge in [0.2, 0.25) is 5.95 Å². The maximum absolute atomic E-state index is 12.6. The van der Waals surface area contributed by atoms with Crippen LogP contribution in [0, 0.1) is 0 Å². The number of hydrogen-bond acceptors (Lipinski definition) is 6. The first-order valence-electron chi connectivity index (χ1n) is 10.0. The first kappa shape index (κ1) is 21.5. The average Bonchev–Trinajstić information content (AvgIpc) is 2.76. The van der Waals surface area contributed by atoms with Crippen LogP contribution in [0.1, 0.15) is 17.3 Å². The molecule has 1 aliphatic heterocycles. The van der Waals surface area contributed by atoms with Crippen LogP contribution in [-0.2, 0) is 7.05 Å². The van der Waals surface area contributed by atoms with E-state index >= 15 is 0 Å². The van der Waals surface area contributed by atoms with Crippen LogP contribution in [0.5, 0.6) is 0 Å². The summed E-state index contributed by atoms with van der Waals surface area (Å²) >= 11 is 0. The van der Waals surface area contributed by atoms with Crippen molar-refractivity contribution in [2.75, 3.05) is 50.6 Å². The van der Waals surface area contributed by atoms with Crippen molar-refractivity contribution in [3.05, 3.63) is 70.7 Å². The van der Waals surface area contributed by atoms with Gasteiger partial charge in [0.1, 0.15) is 0 Å². The minimum Gasteiger partial charge on any atom is -0.378 e. The molecule has 2 heterocycles. The molecule has 7 nitrogen and oxygen atoms in total. The number of nitrogens with one attached hydrogen (secondary N) is 1. The fourth-order valence-corrected chi connectivity index (χ4v) is 3.53. The van der Waals surface area contributed by atoms with Crippen LogP contribution in [0.25, 0.3) is 5.57 Å². The first-order chi connectivity index (χ1) is 14.4. The molecule has 1 fully saturated rings. The maximum Gasteiger partial charge on any atom is 0.255 e. The second-order valence-electron chi connectivity index (χ2n) is 7.51.